The van der Waals surface area contributed by atoms with E-state index in [2.05, 4.69) is 9.72 Å². The van der Waals surface area contributed by atoms with E-state index in [-0.39, 0.29) is 30.4 Å². The molecule has 1 unspecified atom stereocenters. The molecular weight excluding hydrogens is 220 g/mol. The highest BCUT2D eigenvalue weighted by atomic mass is 35.5. The number of nitrogens with one attached hydrogen (secondary N) is 1. The van der Waals surface area contributed by atoms with Crippen LogP contribution in [0.3, 0.4) is 0 Å². The van der Waals surface area contributed by atoms with Crippen LogP contribution in [-0.2, 0) is 9.53 Å². The number of methoxy groups -OCH3 is 1. The van der Waals surface area contributed by atoms with Gasteiger partial charge in [-0.1, -0.05) is 6.07 Å². The maximum Gasteiger partial charge on any atom is 0.307 e. The number of halogens is 1. The van der Waals surface area contributed by atoms with Crippen molar-refractivity contribution in [3.05, 3.63) is 34.2 Å². The van der Waals surface area contributed by atoms with Crippen molar-refractivity contribution in [3.63, 3.8) is 0 Å². The quantitative estimate of drug-likeness (QED) is 0.737. The number of rotatable bonds is 3. The number of hydrogen-bond acceptors (Lipinski definition) is 4. The molecule has 1 rings (SSSR count). The van der Waals surface area contributed by atoms with Crippen LogP contribution in [0.2, 0.25) is 0 Å². The normalized spacial score (nSPS) is 11.3. The standard InChI is InChI=1S/C9H12N2O3.ClH/c1-14-9(13)4-7(10)6-2-3-8(12)11-5-6;/h2-3,5,7H,4,10H2,1H3,(H,11,12);1H. The van der Waals surface area contributed by atoms with Crippen molar-refractivity contribution >= 4 is 18.4 Å². The maximum absolute atomic E-state index is 10.9. The van der Waals surface area contributed by atoms with E-state index in [1.165, 1.54) is 19.4 Å². The number of H-pyrrole nitrogens is 1. The third kappa shape index (κ3) is 4.14. The molecule has 6 heteroatoms. The lowest BCUT2D eigenvalue weighted by atomic mass is 10.1. The fourth-order valence-corrected chi connectivity index (χ4v) is 1.03. The summed E-state index contributed by atoms with van der Waals surface area (Å²) >= 11 is 0. The van der Waals surface area contributed by atoms with Gasteiger partial charge >= 0.3 is 5.97 Å². The maximum atomic E-state index is 10.9. The molecular formula is C9H13ClN2O3. The van der Waals surface area contributed by atoms with Crippen LogP contribution >= 0.6 is 12.4 Å². The summed E-state index contributed by atoms with van der Waals surface area (Å²) in [6.45, 7) is 0. The molecule has 0 aromatic carbocycles. The van der Waals surface area contributed by atoms with Crippen LogP contribution in [0.15, 0.2) is 23.1 Å². The predicted octanol–water partition coefficient (Wildman–Crippen LogP) is 0.360. The minimum absolute atomic E-state index is 0. The zero-order valence-electron chi connectivity index (χ0n) is 8.23. The molecule has 15 heavy (non-hydrogen) atoms. The number of aromatic nitrogens is 1. The van der Waals surface area contributed by atoms with E-state index in [4.69, 9.17) is 5.73 Å². The van der Waals surface area contributed by atoms with E-state index in [1.807, 2.05) is 0 Å². The average molecular weight is 233 g/mol. The minimum Gasteiger partial charge on any atom is -0.469 e. The molecule has 1 aromatic rings. The van der Waals surface area contributed by atoms with Crippen LogP contribution in [0.5, 0.6) is 0 Å². The van der Waals surface area contributed by atoms with Gasteiger partial charge in [-0.2, -0.15) is 0 Å². The Morgan fingerprint density at radius 2 is 2.27 bits per heavy atom. The zero-order valence-corrected chi connectivity index (χ0v) is 9.04. The number of carbonyl (C=O) groups excluding carboxylic acids is 1. The van der Waals surface area contributed by atoms with Crippen molar-refractivity contribution in [2.75, 3.05) is 7.11 Å². The molecule has 5 nitrogen and oxygen atoms in total. The Morgan fingerprint density at radius 3 is 2.73 bits per heavy atom. The number of pyridine rings is 1. The molecule has 1 heterocycles. The Bertz CT molecular complexity index is 357. The topological polar surface area (TPSA) is 85.2 Å². The number of esters is 1. The van der Waals surface area contributed by atoms with Gasteiger partial charge in [-0.3, -0.25) is 9.59 Å². The predicted molar refractivity (Wildman–Crippen MR) is 57.9 cm³/mol. The molecule has 84 valence electrons. The second kappa shape index (κ2) is 6.21. The van der Waals surface area contributed by atoms with Crippen LogP contribution in [0.4, 0.5) is 0 Å². The van der Waals surface area contributed by atoms with Crippen LogP contribution < -0.4 is 11.3 Å². The molecule has 0 saturated heterocycles. The first-order valence-electron chi connectivity index (χ1n) is 4.14. The third-order valence-corrected chi connectivity index (χ3v) is 1.85. The SMILES string of the molecule is COC(=O)CC(N)c1ccc(=O)[nH]c1.Cl. The summed E-state index contributed by atoms with van der Waals surface area (Å²) in [5.41, 5.74) is 6.21. The molecule has 0 fully saturated rings. The zero-order chi connectivity index (χ0) is 10.6. The summed E-state index contributed by atoms with van der Waals surface area (Å²) in [5, 5.41) is 0. The number of carbonyl (C=O) groups is 1. The van der Waals surface area contributed by atoms with Gasteiger partial charge in [0.05, 0.1) is 13.5 Å². The highest BCUT2D eigenvalue weighted by Gasteiger charge is 2.11. The summed E-state index contributed by atoms with van der Waals surface area (Å²) in [4.78, 5) is 24.1. The Balaban J connectivity index is 0.00000196. The second-order valence-electron chi connectivity index (χ2n) is 2.87. The first-order valence-corrected chi connectivity index (χ1v) is 4.14. The summed E-state index contributed by atoms with van der Waals surface area (Å²) in [6.07, 6.45) is 1.60. The highest BCUT2D eigenvalue weighted by Crippen LogP contribution is 2.11. The lowest BCUT2D eigenvalue weighted by molar-refractivity contribution is -0.141. The first-order chi connectivity index (χ1) is 6.63. The molecule has 0 spiro atoms. The van der Waals surface area contributed by atoms with E-state index in [1.54, 1.807) is 6.07 Å². The summed E-state index contributed by atoms with van der Waals surface area (Å²) in [6, 6.07) is 2.51. The van der Waals surface area contributed by atoms with Crippen molar-refractivity contribution in [1.82, 2.24) is 4.98 Å². The van der Waals surface area contributed by atoms with E-state index in [0.29, 0.717) is 5.56 Å². The van der Waals surface area contributed by atoms with Crippen molar-refractivity contribution in [1.29, 1.82) is 0 Å². The fourth-order valence-electron chi connectivity index (χ4n) is 1.03. The summed E-state index contributed by atoms with van der Waals surface area (Å²) in [5.74, 6) is -0.372. The molecule has 1 atom stereocenters. The van der Waals surface area contributed by atoms with Gasteiger partial charge in [-0.05, 0) is 5.56 Å². The third-order valence-electron chi connectivity index (χ3n) is 1.85. The van der Waals surface area contributed by atoms with Gasteiger partial charge in [0, 0.05) is 18.3 Å². The molecule has 1 aromatic heterocycles. The molecule has 0 amide bonds. The smallest absolute Gasteiger partial charge is 0.307 e. The van der Waals surface area contributed by atoms with Gasteiger partial charge in [0.25, 0.3) is 0 Å². The van der Waals surface area contributed by atoms with E-state index in [0.717, 1.165) is 0 Å². The van der Waals surface area contributed by atoms with Crippen LogP contribution in [0.25, 0.3) is 0 Å². The Hall–Kier alpha value is -1.33. The fraction of sp³-hybridized carbons (Fsp3) is 0.333. The van der Waals surface area contributed by atoms with Gasteiger partial charge < -0.3 is 15.5 Å². The Morgan fingerprint density at radius 1 is 1.60 bits per heavy atom. The second-order valence-corrected chi connectivity index (χ2v) is 2.87. The first kappa shape index (κ1) is 13.7. The van der Waals surface area contributed by atoms with Crippen LogP contribution in [-0.4, -0.2) is 18.1 Å². The van der Waals surface area contributed by atoms with Crippen molar-refractivity contribution in [2.45, 2.75) is 12.5 Å². The van der Waals surface area contributed by atoms with Gasteiger partial charge in [-0.15, -0.1) is 12.4 Å². The van der Waals surface area contributed by atoms with Gasteiger partial charge in [-0.25, -0.2) is 0 Å². The van der Waals surface area contributed by atoms with E-state index in [9.17, 15) is 9.59 Å². The molecule has 0 aliphatic heterocycles. The molecule has 3 N–H and O–H groups in total. The molecule has 0 aliphatic rings. The summed E-state index contributed by atoms with van der Waals surface area (Å²) < 4.78 is 4.48. The minimum atomic E-state index is -0.445. The molecule has 0 radical (unpaired) electrons. The number of aromatic amines is 1. The Kier molecular flexibility index (Phi) is 5.66. The van der Waals surface area contributed by atoms with Crippen LogP contribution in [0.1, 0.15) is 18.0 Å². The van der Waals surface area contributed by atoms with E-state index >= 15 is 0 Å². The highest BCUT2D eigenvalue weighted by molar-refractivity contribution is 5.85. The monoisotopic (exact) mass is 232 g/mol. The van der Waals surface area contributed by atoms with Crippen molar-refractivity contribution in [2.24, 2.45) is 5.73 Å². The van der Waals surface area contributed by atoms with Crippen LogP contribution in [0, 0.1) is 0 Å². The number of hydrogen-bond donors (Lipinski definition) is 2. The van der Waals surface area contributed by atoms with Crippen molar-refractivity contribution in [3.8, 4) is 0 Å². The van der Waals surface area contributed by atoms with Gasteiger partial charge in [0.2, 0.25) is 5.56 Å². The lowest BCUT2D eigenvalue weighted by Gasteiger charge is -2.09. The van der Waals surface area contributed by atoms with Crippen molar-refractivity contribution < 1.29 is 9.53 Å². The van der Waals surface area contributed by atoms with Gasteiger partial charge in [0.15, 0.2) is 0 Å². The average Bonchev–Trinajstić information content (AvgIpc) is 2.18. The lowest BCUT2D eigenvalue weighted by Crippen LogP contribution is -2.17. The number of ether oxygens (including phenoxy) is 1. The van der Waals surface area contributed by atoms with E-state index < -0.39 is 6.04 Å². The molecule has 0 saturated carbocycles. The largest absolute Gasteiger partial charge is 0.469 e. The summed E-state index contributed by atoms with van der Waals surface area (Å²) in [7, 11) is 1.31. The van der Waals surface area contributed by atoms with Gasteiger partial charge in [0.1, 0.15) is 0 Å². The molecule has 0 bridgehead atoms. The molecule has 0 aliphatic carbocycles. The Labute approximate surface area is 93.0 Å². The number of nitrogens with two attached hydrogens (primary N) is 1.